The van der Waals surface area contributed by atoms with E-state index < -0.39 is 8.07 Å². The average Bonchev–Trinajstić information content (AvgIpc) is 2.93. The van der Waals surface area contributed by atoms with E-state index in [2.05, 4.69) is 43.3 Å². The molecule has 1 aliphatic carbocycles. The molecule has 19 heavy (non-hydrogen) atoms. The third-order valence-electron chi connectivity index (χ3n) is 3.85. The van der Waals surface area contributed by atoms with Crippen molar-refractivity contribution in [3.63, 3.8) is 0 Å². The van der Waals surface area contributed by atoms with E-state index in [0.717, 1.165) is 6.42 Å². The van der Waals surface area contributed by atoms with Crippen LogP contribution in [0.4, 0.5) is 0 Å². The Bertz CT molecular complexity index is 352. The summed E-state index contributed by atoms with van der Waals surface area (Å²) >= 11 is 0. The van der Waals surface area contributed by atoms with Crippen molar-refractivity contribution < 1.29 is 50.7 Å². The van der Waals surface area contributed by atoms with Crippen molar-refractivity contribution in [3.8, 4) is 0 Å². The minimum Gasteiger partial charge on any atom is -1.00 e. The van der Waals surface area contributed by atoms with Gasteiger partial charge in [-0.25, -0.2) is 24.3 Å². The molecule has 0 aromatic heterocycles. The zero-order chi connectivity index (χ0) is 11.3. The minimum absolute atomic E-state index is 0. The topological polar surface area (TPSA) is 0 Å². The van der Waals surface area contributed by atoms with Crippen molar-refractivity contribution in [3.05, 3.63) is 48.6 Å². The van der Waals surface area contributed by atoms with Gasteiger partial charge in [0.15, 0.2) is 0 Å². The van der Waals surface area contributed by atoms with E-state index in [0.29, 0.717) is 0 Å². The molecule has 0 amide bonds. The number of hydrogen-bond donors (Lipinski definition) is 0. The molecular formula is C15H20Cl2HfSi. The van der Waals surface area contributed by atoms with E-state index in [-0.39, 0.29) is 50.7 Å². The van der Waals surface area contributed by atoms with Crippen molar-refractivity contribution in [2.24, 2.45) is 0 Å². The van der Waals surface area contributed by atoms with E-state index in [1.54, 1.807) is 17.3 Å². The van der Waals surface area contributed by atoms with Gasteiger partial charge < -0.3 is 24.8 Å². The molecule has 1 aliphatic heterocycles. The van der Waals surface area contributed by atoms with E-state index >= 15 is 0 Å². The van der Waals surface area contributed by atoms with E-state index in [1.165, 1.54) is 12.5 Å². The predicted molar refractivity (Wildman–Crippen MR) is 73.7 cm³/mol. The van der Waals surface area contributed by atoms with Crippen LogP contribution in [-0.2, 0) is 25.8 Å². The Hall–Kier alpha value is 0.497. The van der Waals surface area contributed by atoms with Gasteiger partial charge in [-0.3, -0.25) is 6.08 Å². The Morgan fingerprint density at radius 2 is 1.79 bits per heavy atom. The summed E-state index contributed by atoms with van der Waals surface area (Å²) in [5.74, 6) is 0. The molecule has 3 rings (SSSR count). The smallest absolute Gasteiger partial charge is 1.00 e. The normalized spacial score (nSPS) is 16.9. The maximum Gasteiger partial charge on any atom is 4.00 e. The summed E-state index contributed by atoms with van der Waals surface area (Å²) in [7, 11) is -0.841. The van der Waals surface area contributed by atoms with Crippen LogP contribution in [-0.4, -0.2) is 8.07 Å². The summed E-state index contributed by atoms with van der Waals surface area (Å²) in [6, 6.07) is 13.6. The monoisotopic (exact) mass is 478 g/mol. The van der Waals surface area contributed by atoms with Crippen LogP contribution in [0.5, 0.6) is 0 Å². The number of hydrogen-bond acceptors (Lipinski definition) is 0. The van der Waals surface area contributed by atoms with Crippen LogP contribution in [0, 0.1) is 6.08 Å². The standard InChI is InChI=1S/C10H15Si.C5H5.2ClH.Hf/c1-2-11(8-5-9-11)10-6-3-4-7-10;1-2-4-5-3-1;;;/h3-4,6-7H,2,5,8-9H2,1H3;1-3H,4H2;2*1H;/q2*-1;;;+4/p-2. The maximum absolute atomic E-state index is 2.99. The molecule has 1 saturated heterocycles. The minimum atomic E-state index is -0.841. The second kappa shape index (κ2) is 11.2. The summed E-state index contributed by atoms with van der Waals surface area (Å²) in [5.41, 5.74) is 0. The molecule has 1 aromatic rings. The molecule has 0 radical (unpaired) electrons. The van der Waals surface area contributed by atoms with Gasteiger partial charge in [-0.2, -0.15) is 23.4 Å². The molecule has 1 fully saturated rings. The van der Waals surface area contributed by atoms with Crippen LogP contribution >= 0.6 is 0 Å². The third kappa shape index (κ3) is 5.79. The second-order valence-electron chi connectivity index (χ2n) is 4.66. The van der Waals surface area contributed by atoms with Gasteiger partial charge in [0.1, 0.15) is 0 Å². The molecule has 1 heterocycles. The summed E-state index contributed by atoms with van der Waals surface area (Å²) in [6.45, 7) is 2.37. The Balaban J connectivity index is 0. The molecule has 1 aromatic carbocycles. The van der Waals surface area contributed by atoms with Gasteiger partial charge in [-0.05, 0) is 0 Å². The number of halogens is 2. The first-order valence-electron chi connectivity index (χ1n) is 6.31. The molecule has 0 unspecified atom stereocenters. The van der Waals surface area contributed by atoms with Crippen molar-refractivity contribution >= 4 is 13.3 Å². The molecule has 0 nitrogen and oxygen atoms in total. The molecule has 0 spiro atoms. The summed E-state index contributed by atoms with van der Waals surface area (Å²) in [6.07, 6.45) is 11.5. The largest absolute Gasteiger partial charge is 4.00 e. The average molecular weight is 478 g/mol. The van der Waals surface area contributed by atoms with Gasteiger partial charge in [-0.15, -0.1) is 6.42 Å². The second-order valence-corrected chi connectivity index (χ2v) is 9.51. The van der Waals surface area contributed by atoms with Gasteiger partial charge >= 0.3 is 25.8 Å². The molecular weight excluding hydrogens is 458 g/mol. The SMILES string of the molecule is CC[Si]1([c-]2cccc2)CCC1.[C-]1=CC=CC1.[Cl-].[Cl-].[Hf+4]. The van der Waals surface area contributed by atoms with Crippen LogP contribution < -0.4 is 30.0 Å². The number of rotatable bonds is 2. The third-order valence-corrected chi connectivity index (χ3v) is 9.38. The first kappa shape index (κ1) is 21.8. The van der Waals surface area contributed by atoms with Crippen LogP contribution in [0.2, 0.25) is 18.1 Å². The van der Waals surface area contributed by atoms with Crippen LogP contribution in [0.1, 0.15) is 19.8 Å². The summed E-state index contributed by atoms with van der Waals surface area (Å²) in [4.78, 5) is 0. The van der Waals surface area contributed by atoms with Gasteiger partial charge in [-0.1, -0.05) is 31.5 Å². The number of allylic oxidation sites excluding steroid dienone is 4. The first-order valence-corrected chi connectivity index (χ1v) is 8.93. The fourth-order valence-electron chi connectivity index (χ4n) is 2.52. The molecule has 4 heteroatoms. The fraction of sp³-hybridized carbons (Fsp3) is 0.400. The summed E-state index contributed by atoms with van der Waals surface area (Å²) in [5, 5.41) is 1.71. The van der Waals surface area contributed by atoms with E-state index in [4.69, 9.17) is 0 Å². The Labute approximate surface area is 149 Å². The quantitative estimate of drug-likeness (QED) is 0.335. The van der Waals surface area contributed by atoms with Crippen LogP contribution in [0.3, 0.4) is 0 Å². The fourth-order valence-corrected chi connectivity index (χ4v) is 6.32. The van der Waals surface area contributed by atoms with Crippen molar-refractivity contribution in [2.45, 2.75) is 37.9 Å². The van der Waals surface area contributed by atoms with Gasteiger partial charge in [0, 0.05) is 8.07 Å². The predicted octanol–water partition coefficient (Wildman–Crippen LogP) is -2.20. The van der Waals surface area contributed by atoms with Crippen LogP contribution in [0.25, 0.3) is 0 Å². The molecule has 2 aliphatic rings. The van der Waals surface area contributed by atoms with Crippen molar-refractivity contribution in [1.82, 2.24) is 0 Å². The van der Waals surface area contributed by atoms with Crippen molar-refractivity contribution in [1.29, 1.82) is 0 Å². The maximum atomic E-state index is 2.99. The van der Waals surface area contributed by atoms with Gasteiger partial charge in [0.25, 0.3) is 0 Å². The van der Waals surface area contributed by atoms with Crippen LogP contribution in [0.15, 0.2) is 42.5 Å². The molecule has 0 N–H and O–H groups in total. The summed E-state index contributed by atoms with van der Waals surface area (Å²) < 4.78 is 0. The zero-order valence-electron chi connectivity index (χ0n) is 11.3. The molecule has 0 bridgehead atoms. The Morgan fingerprint density at radius 3 is 2.05 bits per heavy atom. The molecule has 0 atom stereocenters. The van der Waals surface area contributed by atoms with E-state index in [9.17, 15) is 0 Å². The van der Waals surface area contributed by atoms with E-state index in [1.807, 2.05) is 12.2 Å². The van der Waals surface area contributed by atoms with Gasteiger partial charge in [0.2, 0.25) is 0 Å². The zero-order valence-corrected chi connectivity index (χ0v) is 17.4. The Morgan fingerprint density at radius 1 is 1.16 bits per heavy atom. The van der Waals surface area contributed by atoms with Gasteiger partial charge in [0.05, 0.1) is 0 Å². The van der Waals surface area contributed by atoms with Crippen molar-refractivity contribution in [2.75, 3.05) is 0 Å². The molecule has 0 saturated carbocycles. The Kier molecular flexibility index (Phi) is 12.8. The first-order chi connectivity index (χ1) is 7.87. The molecule has 102 valence electrons.